The van der Waals surface area contributed by atoms with Gasteiger partial charge in [0.1, 0.15) is 5.00 Å². The highest BCUT2D eigenvalue weighted by molar-refractivity contribution is 7.14. The maximum absolute atomic E-state index is 11.6. The Labute approximate surface area is 119 Å². The van der Waals surface area contributed by atoms with E-state index < -0.39 is 12.0 Å². The first kappa shape index (κ1) is 14.1. The van der Waals surface area contributed by atoms with E-state index in [9.17, 15) is 9.59 Å². The van der Waals surface area contributed by atoms with Gasteiger partial charge in [-0.15, -0.1) is 11.3 Å². The van der Waals surface area contributed by atoms with Crippen molar-refractivity contribution >= 4 is 28.3 Å². The Balaban J connectivity index is 1.80. The molecule has 20 heavy (non-hydrogen) atoms. The van der Waals surface area contributed by atoms with Crippen LogP contribution in [-0.4, -0.2) is 33.4 Å². The van der Waals surface area contributed by atoms with E-state index in [0.29, 0.717) is 18.1 Å². The highest BCUT2D eigenvalue weighted by Gasteiger charge is 2.13. The van der Waals surface area contributed by atoms with Gasteiger partial charge in [-0.25, -0.2) is 9.59 Å². The summed E-state index contributed by atoms with van der Waals surface area (Å²) in [4.78, 5) is 22.5. The second-order valence-corrected chi connectivity index (χ2v) is 5.05. The molecule has 0 saturated carbocycles. The van der Waals surface area contributed by atoms with Gasteiger partial charge in [-0.1, -0.05) is 0 Å². The number of carbonyl (C=O) groups excluding carboxylic acids is 1. The lowest BCUT2D eigenvalue weighted by molar-refractivity contribution is 0.0698. The summed E-state index contributed by atoms with van der Waals surface area (Å²) < 4.78 is 1.73. The van der Waals surface area contributed by atoms with E-state index in [1.165, 1.54) is 17.4 Å². The van der Waals surface area contributed by atoms with E-state index in [4.69, 9.17) is 5.11 Å². The summed E-state index contributed by atoms with van der Waals surface area (Å²) in [5.41, 5.74) is 1.15. The molecule has 2 aromatic rings. The van der Waals surface area contributed by atoms with Gasteiger partial charge in [0.05, 0.1) is 18.3 Å². The Morgan fingerprint density at radius 2 is 2.30 bits per heavy atom. The molecule has 0 fully saturated rings. The van der Waals surface area contributed by atoms with Crippen LogP contribution in [-0.2, 0) is 6.54 Å². The first-order valence-corrected chi connectivity index (χ1v) is 6.79. The van der Waals surface area contributed by atoms with Crippen LogP contribution in [0.2, 0.25) is 0 Å². The summed E-state index contributed by atoms with van der Waals surface area (Å²) in [7, 11) is 0. The standard InChI is InChI=1S/C12H14N4O3S/c1-8-6-14-16(7-8)4-3-13-12(19)15-10-9(11(17)18)2-5-20-10/h2,5-7H,3-4H2,1H3,(H,17,18)(H2,13,15,19). The van der Waals surface area contributed by atoms with Crippen molar-refractivity contribution < 1.29 is 14.7 Å². The number of rotatable bonds is 5. The number of urea groups is 1. The minimum absolute atomic E-state index is 0.0906. The van der Waals surface area contributed by atoms with E-state index in [2.05, 4.69) is 15.7 Å². The van der Waals surface area contributed by atoms with Crippen molar-refractivity contribution in [2.24, 2.45) is 0 Å². The number of nitrogens with zero attached hydrogens (tertiary/aromatic N) is 2. The molecule has 0 atom stereocenters. The van der Waals surface area contributed by atoms with Gasteiger partial charge in [-0.2, -0.15) is 5.10 Å². The van der Waals surface area contributed by atoms with Crippen molar-refractivity contribution in [3.8, 4) is 0 Å². The molecule has 0 bridgehead atoms. The molecule has 8 heteroatoms. The lowest BCUT2D eigenvalue weighted by Crippen LogP contribution is -2.31. The number of aryl methyl sites for hydroxylation is 1. The van der Waals surface area contributed by atoms with Crippen LogP contribution in [0.4, 0.5) is 9.80 Å². The van der Waals surface area contributed by atoms with Gasteiger partial charge in [0.2, 0.25) is 0 Å². The Morgan fingerprint density at radius 3 is 2.95 bits per heavy atom. The largest absolute Gasteiger partial charge is 0.478 e. The zero-order valence-corrected chi connectivity index (χ0v) is 11.6. The Kier molecular flexibility index (Phi) is 4.36. The SMILES string of the molecule is Cc1cnn(CCNC(=O)Nc2sccc2C(=O)O)c1. The average molecular weight is 294 g/mol. The van der Waals surface area contributed by atoms with E-state index in [0.717, 1.165) is 5.56 Å². The molecule has 106 valence electrons. The molecular weight excluding hydrogens is 280 g/mol. The van der Waals surface area contributed by atoms with Gasteiger partial charge in [-0.05, 0) is 23.9 Å². The maximum atomic E-state index is 11.6. The van der Waals surface area contributed by atoms with Crippen LogP contribution in [0.3, 0.4) is 0 Å². The van der Waals surface area contributed by atoms with E-state index in [1.54, 1.807) is 16.3 Å². The summed E-state index contributed by atoms with van der Waals surface area (Å²) in [6.45, 7) is 2.89. The highest BCUT2D eigenvalue weighted by Crippen LogP contribution is 2.22. The van der Waals surface area contributed by atoms with Gasteiger partial charge in [0.25, 0.3) is 0 Å². The number of carboxylic acid groups (broad SMARTS) is 1. The fourth-order valence-corrected chi connectivity index (χ4v) is 2.37. The Hall–Kier alpha value is -2.35. The van der Waals surface area contributed by atoms with Crippen LogP contribution < -0.4 is 10.6 Å². The van der Waals surface area contributed by atoms with Crippen LogP contribution in [0, 0.1) is 6.92 Å². The molecule has 0 unspecified atom stereocenters. The molecule has 0 aliphatic rings. The van der Waals surface area contributed by atoms with Crippen molar-refractivity contribution in [1.82, 2.24) is 15.1 Å². The maximum Gasteiger partial charge on any atom is 0.338 e. The number of hydrogen-bond acceptors (Lipinski definition) is 4. The Bertz CT molecular complexity index is 620. The van der Waals surface area contributed by atoms with E-state index in [1.807, 2.05) is 13.1 Å². The number of carbonyl (C=O) groups is 2. The Morgan fingerprint density at radius 1 is 1.50 bits per heavy atom. The molecule has 2 rings (SSSR count). The summed E-state index contributed by atoms with van der Waals surface area (Å²) in [6, 6.07) is 1.02. The number of thiophene rings is 1. The molecule has 7 nitrogen and oxygen atoms in total. The first-order valence-electron chi connectivity index (χ1n) is 5.91. The monoisotopic (exact) mass is 294 g/mol. The van der Waals surface area contributed by atoms with Crippen molar-refractivity contribution in [2.45, 2.75) is 13.5 Å². The van der Waals surface area contributed by atoms with Gasteiger partial charge in [0, 0.05) is 12.7 Å². The van der Waals surface area contributed by atoms with Crippen molar-refractivity contribution in [1.29, 1.82) is 0 Å². The number of carboxylic acids is 1. The summed E-state index contributed by atoms with van der Waals surface area (Å²) in [5, 5.41) is 20.1. The molecule has 0 aromatic carbocycles. The molecule has 2 heterocycles. The van der Waals surface area contributed by atoms with Crippen molar-refractivity contribution in [2.75, 3.05) is 11.9 Å². The highest BCUT2D eigenvalue weighted by atomic mass is 32.1. The van der Waals surface area contributed by atoms with Crippen LogP contribution in [0.25, 0.3) is 0 Å². The third-order valence-corrected chi connectivity index (χ3v) is 3.34. The first-order chi connectivity index (χ1) is 9.56. The molecule has 3 N–H and O–H groups in total. The number of amides is 2. The second kappa shape index (κ2) is 6.20. The molecule has 0 spiro atoms. The lowest BCUT2D eigenvalue weighted by atomic mass is 10.3. The van der Waals surface area contributed by atoms with Crippen LogP contribution in [0.1, 0.15) is 15.9 Å². The number of anilines is 1. The van der Waals surface area contributed by atoms with Crippen LogP contribution >= 0.6 is 11.3 Å². The predicted octanol–water partition coefficient (Wildman–Crippen LogP) is 1.77. The fourth-order valence-electron chi connectivity index (χ4n) is 1.60. The second-order valence-electron chi connectivity index (χ2n) is 4.13. The molecular formula is C12H14N4O3S. The number of aromatic carboxylic acids is 1. The number of nitrogens with one attached hydrogen (secondary N) is 2. The zero-order chi connectivity index (χ0) is 14.5. The zero-order valence-electron chi connectivity index (χ0n) is 10.8. The van der Waals surface area contributed by atoms with Gasteiger partial charge in [0.15, 0.2) is 0 Å². The fraction of sp³-hybridized carbons (Fsp3) is 0.250. The number of hydrogen-bond donors (Lipinski definition) is 3. The smallest absolute Gasteiger partial charge is 0.338 e. The lowest BCUT2D eigenvalue weighted by Gasteiger charge is -2.07. The quantitative estimate of drug-likeness (QED) is 0.783. The number of aromatic nitrogens is 2. The summed E-state index contributed by atoms with van der Waals surface area (Å²) in [6.07, 6.45) is 3.62. The van der Waals surface area contributed by atoms with Gasteiger partial charge in [-0.3, -0.25) is 10.00 Å². The van der Waals surface area contributed by atoms with Crippen LogP contribution in [0.5, 0.6) is 0 Å². The minimum Gasteiger partial charge on any atom is -0.478 e. The molecule has 0 saturated heterocycles. The molecule has 2 amide bonds. The van der Waals surface area contributed by atoms with Crippen LogP contribution in [0.15, 0.2) is 23.8 Å². The molecule has 2 aromatic heterocycles. The molecule has 0 aliphatic heterocycles. The topological polar surface area (TPSA) is 96.3 Å². The third-order valence-electron chi connectivity index (χ3n) is 2.51. The van der Waals surface area contributed by atoms with Gasteiger partial charge >= 0.3 is 12.0 Å². The third kappa shape index (κ3) is 3.58. The predicted molar refractivity (Wildman–Crippen MR) is 75.3 cm³/mol. The summed E-state index contributed by atoms with van der Waals surface area (Å²) >= 11 is 1.17. The van der Waals surface area contributed by atoms with E-state index in [-0.39, 0.29) is 5.56 Å². The van der Waals surface area contributed by atoms with Crippen molar-refractivity contribution in [3.63, 3.8) is 0 Å². The molecule has 0 radical (unpaired) electrons. The van der Waals surface area contributed by atoms with E-state index >= 15 is 0 Å². The van der Waals surface area contributed by atoms with Gasteiger partial charge < -0.3 is 10.4 Å². The molecule has 0 aliphatic carbocycles. The normalized spacial score (nSPS) is 10.2. The minimum atomic E-state index is -1.06. The average Bonchev–Trinajstić information content (AvgIpc) is 2.98. The summed E-state index contributed by atoms with van der Waals surface area (Å²) in [5.74, 6) is -1.06. The van der Waals surface area contributed by atoms with Crippen molar-refractivity contribution in [3.05, 3.63) is 35.0 Å².